The molecule has 1 N–H and O–H groups in total. The molecule has 2 fully saturated rings. The first-order chi connectivity index (χ1) is 16.5. The third kappa shape index (κ3) is 4.74. The molecule has 8 nitrogen and oxygen atoms in total. The molecule has 5 rings (SSSR count). The van der Waals surface area contributed by atoms with E-state index >= 15 is 0 Å². The van der Waals surface area contributed by atoms with Gasteiger partial charge in [0.2, 0.25) is 0 Å². The summed E-state index contributed by atoms with van der Waals surface area (Å²) in [5.74, 6) is -0.0427. The van der Waals surface area contributed by atoms with Gasteiger partial charge in [-0.1, -0.05) is 6.07 Å². The van der Waals surface area contributed by atoms with Crippen LogP contribution in [0.5, 0.6) is 5.75 Å². The number of hydrogen-bond donors (Lipinski definition) is 1. The maximum atomic E-state index is 13.2. The minimum absolute atomic E-state index is 0.0508. The molecule has 1 saturated carbocycles. The van der Waals surface area contributed by atoms with E-state index in [1.807, 2.05) is 10.9 Å². The van der Waals surface area contributed by atoms with Crippen LogP contribution in [-0.2, 0) is 9.47 Å². The number of alkyl halides is 2. The predicted molar refractivity (Wildman–Crippen MR) is 120 cm³/mol. The van der Waals surface area contributed by atoms with Crippen LogP contribution >= 0.6 is 0 Å². The van der Waals surface area contributed by atoms with Gasteiger partial charge in [-0.25, -0.2) is 13.8 Å². The minimum Gasteiger partial charge on any atom is -0.489 e. The summed E-state index contributed by atoms with van der Waals surface area (Å²) < 4.78 is 44.9. The molecule has 10 heteroatoms. The van der Waals surface area contributed by atoms with Gasteiger partial charge in [-0.2, -0.15) is 5.10 Å². The molecular weight excluding hydrogens is 446 g/mol. The Hall–Kier alpha value is -3.11. The number of carbonyl (C=O) groups excluding carboxylic acids is 1. The highest BCUT2D eigenvalue weighted by atomic mass is 19.3. The van der Waals surface area contributed by atoms with Crippen molar-refractivity contribution in [1.82, 2.24) is 14.8 Å². The zero-order chi connectivity index (χ0) is 23.7. The fourth-order valence-electron chi connectivity index (χ4n) is 4.30. The smallest absolute Gasteiger partial charge is 0.280 e. The molecule has 0 radical (unpaired) electrons. The highest BCUT2D eigenvalue weighted by Gasteiger charge is 2.32. The summed E-state index contributed by atoms with van der Waals surface area (Å²) in [6.45, 7) is 1.38. The Balaban J connectivity index is 1.45. The molecule has 0 bridgehead atoms. The van der Waals surface area contributed by atoms with Crippen molar-refractivity contribution in [3.05, 3.63) is 47.8 Å². The summed E-state index contributed by atoms with van der Waals surface area (Å²) >= 11 is 0. The lowest BCUT2D eigenvalue weighted by molar-refractivity contribution is -0.0382. The summed E-state index contributed by atoms with van der Waals surface area (Å²) in [7, 11) is 1.66. The van der Waals surface area contributed by atoms with Crippen LogP contribution in [-0.4, -0.2) is 53.2 Å². The minimum atomic E-state index is -2.73. The lowest BCUT2D eigenvalue weighted by Gasteiger charge is -2.34. The zero-order valence-corrected chi connectivity index (χ0v) is 18.7. The molecule has 1 aliphatic carbocycles. The summed E-state index contributed by atoms with van der Waals surface area (Å²) in [5.41, 5.74) is 0.616. The lowest BCUT2D eigenvalue weighted by Crippen LogP contribution is -2.39. The summed E-state index contributed by atoms with van der Waals surface area (Å²) in [6, 6.07) is 7.85. The topological polar surface area (TPSA) is 87.5 Å². The monoisotopic (exact) mass is 472 g/mol. The van der Waals surface area contributed by atoms with Crippen LogP contribution < -0.4 is 10.1 Å². The molecule has 1 aliphatic heterocycles. The Kier molecular flexibility index (Phi) is 6.42. The molecule has 3 aromatic rings. The molecule has 0 spiro atoms. The molecule has 0 unspecified atom stereocenters. The fourth-order valence-corrected chi connectivity index (χ4v) is 4.30. The number of carbonyl (C=O) groups is 1. The van der Waals surface area contributed by atoms with Crippen molar-refractivity contribution < 1.29 is 27.8 Å². The number of halogens is 2. The number of fused-ring (bicyclic) bond motifs is 1. The third-order valence-electron chi connectivity index (χ3n) is 6.35. The number of nitrogens with one attached hydrogen (secondary N) is 1. The second-order valence-electron chi connectivity index (χ2n) is 8.63. The highest BCUT2D eigenvalue weighted by molar-refractivity contribution is 6.08. The first kappa shape index (κ1) is 22.7. The molecule has 1 saturated heterocycles. The van der Waals surface area contributed by atoms with Gasteiger partial charge in [-0.3, -0.25) is 9.48 Å². The molecular formula is C24H26F2N4O4. The van der Waals surface area contributed by atoms with Crippen molar-refractivity contribution in [1.29, 1.82) is 0 Å². The van der Waals surface area contributed by atoms with Crippen molar-refractivity contribution in [3.63, 3.8) is 0 Å². The van der Waals surface area contributed by atoms with Gasteiger partial charge in [0.15, 0.2) is 0 Å². The van der Waals surface area contributed by atoms with Crippen LogP contribution in [0.25, 0.3) is 10.9 Å². The van der Waals surface area contributed by atoms with E-state index in [-0.39, 0.29) is 24.1 Å². The second-order valence-corrected chi connectivity index (χ2v) is 8.63. The Labute approximate surface area is 195 Å². The van der Waals surface area contributed by atoms with Crippen LogP contribution in [0, 0.1) is 0 Å². The maximum absolute atomic E-state index is 13.2. The number of amides is 1. The van der Waals surface area contributed by atoms with Gasteiger partial charge in [0.1, 0.15) is 23.4 Å². The SMILES string of the molecule is CO[C@H]1C[C@H](Oc2cc3nn(C4CCOCC4)cc3cc2C(=O)Nc2cccc(C(F)F)n2)C1. The molecule has 180 valence electrons. The van der Waals surface area contributed by atoms with E-state index in [0.717, 1.165) is 36.6 Å². The predicted octanol–water partition coefficient (Wildman–Crippen LogP) is 4.53. The van der Waals surface area contributed by atoms with Crippen molar-refractivity contribution in [2.24, 2.45) is 0 Å². The molecule has 2 aromatic heterocycles. The van der Waals surface area contributed by atoms with E-state index in [4.69, 9.17) is 19.3 Å². The number of methoxy groups -OCH3 is 1. The van der Waals surface area contributed by atoms with Crippen LogP contribution in [0.2, 0.25) is 0 Å². The maximum Gasteiger partial charge on any atom is 0.280 e. The number of anilines is 1. The molecule has 1 aromatic carbocycles. The van der Waals surface area contributed by atoms with E-state index < -0.39 is 18.0 Å². The summed E-state index contributed by atoms with van der Waals surface area (Å²) in [4.78, 5) is 17.0. The van der Waals surface area contributed by atoms with Gasteiger partial charge < -0.3 is 19.5 Å². The largest absolute Gasteiger partial charge is 0.489 e. The van der Waals surface area contributed by atoms with E-state index in [9.17, 15) is 13.6 Å². The van der Waals surface area contributed by atoms with Crippen LogP contribution in [0.4, 0.5) is 14.6 Å². The third-order valence-corrected chi connectivity index (χ3v) is 6.35. The van der Waals surface area contributed by atoms with E-state index in [2.05, 4.69) is 10.3 Å². The molecule has 2 aliphatic rings. The van der Waals surface area contributed by atoms with E-state index in [1.54, 1.807) is 19.2 Å². The Morgan fingerprint density at radius 1 is 1.21 bits per heavy atom. The number of benzene rings is 1. The molecule has 0 atom stereocenters. The van der Waals surface area contributed by atoms with Crippen molar-refractivity contribution in [2.75, 3.05) is 25.6 Å². The first-order valence-corrected chi connectivity index (χ1v) is 11.4. The Bertz CT molecular complexity index is 1170. The van der Waals surface area contributed by atoms with Gasteiger partial charge in [0, 0.05) is 50.8 Å². The van der Waals surface area contributed by atoms with Crippen LogP contribution in [0.15, 0.2) is 36.5 Å². The normalized spacial score (nSPS) is 20.9. The van der Waals surface area contributed by atoms with Gasteiger partial charge >= 0.3 is 0 Å². The van der Waals surface area contributed by atoms with Gasteiger partial charge in [0.25, 0.3) is 12.3 Å². The quantitative estimate of drug-likeness (QED) is 0.544. The van der Waals surface area contributed by atoms with Crippen LogP contribution in [0.1, 0.15) is 54.2 Å². The van der Waals surface area contributed by atoms with Gasteiger partial charge in [0.05, 0.1) is 23.2 Å². The number of nitrogens with zero attached hydrogens (tertiary/aromatic N) is 3. The molecule has 1 amide bonds. The Morgan fingerprint density at radius 2 is 2.00 bits per heavy atom. The number of aromatic nitrogens is 3. The summed E-state index contributed by atoms with van der Waals surface area (Å²) in [6.07, 6.45) is 2.46. The number of pyridine rings is 1. The number of ether oxygens (including phenoxy) is 3. The summed E-state index contributed by atoms with van der Waals surface area (Å²) in [5, 5.41) is 8.14. The first-order valence-electron chi connectivity index (χ1n) is 11.4. The van der Waals surface area contributed by atoms with Crippen molar-refractivity contribution in [3.8, 4) is 5.75 Å². The van der Waals surface area contributed by atoms with Crippen molar-refractivity contribution in [2.45, 2.75) is 50.4 Å². The lowest BCUT2D eigenvalue weighted by atomic mass is 9.92. The number of hydrogen-bond acceptors (Lipinski definition) is 6. The van der Waals surface area contributed by atoms with Crippen LogP contribution in [0.3, 0.4) is 0 Å². The van der Waals surface area contributed by atoms with Crippen molar-refractivity contribution >= 4 is 22.6 Å². The van der Waals surface area contributed by atoms with Gasteiger partial charge in [-0.15, -0.1) is 0 Å². The van der Waals surface area contributed by atoms with Gasteiger partial charge in [-0.05, 0) is 31.0 Å². The highest BCUT2D eigenvalue weighted by Crippen LogP contribution is 2.33. The Morgan fingerprint density at radius 3 is 2.74 bits per heavy atom. The van der Waals surface area contributed by atoms with E-state index in [1.165, 1.54) is 18.2 Å². The molecule has 3 heterocycles. The van der Waals surface area contributed by atoms with E-state index in [0.29, 0.717) is 24.5 Å². The average molecular weight is 472 g/mol. The standard InChI is InChI=1S/C24H26F2N4O4/c1-32-16-10-17(11-16)34-21-12-20-14(13-30(29-20)15-5-7-33-8-6-15)9-18(21)24(31)28-22-4-2-3-19(27-22)23(25)26/h2-4,9,12-13,15-17,23H,5-8,10-11H2,1H3,(H,27,28,31)/t16-,17-. The average Bonchev–Trinajstić information content (AvgIpc) is 3.24. The molecule has 34 heavy (non-hydrogen) atoms. The zero-order valence-electron chi connectivity index (χ0n) is 18.7. The fraction of sp³-hybridized carbons (Fsp3) is 0.458. The number of rotatable bonds is 7. The second kappa shape index (κ2) is 9.63.